The van der Waals surface area contributed by atoms with Crippen LogP contribution in [0.3, 0.4) is 0 Å². The highest BCUT2D eigenvalue weighted by atomic mass is 32.2. The third-order valence-electron chi connectivity index (χ3n) is 3.77. The van der Waals surface area contributed by atoms with Crippen molar-refractivity contribution in [3.8, 4) is 0 Å². The molecule has 0 aromatic rings. The number of hydrogen-bond donors (Lipinski definition) is 1. The van der Waals surface area contributed by atoms with E-state index in [1.165, 1.54) is 0 Å². The molecule has 3 nitrogen and oxygen atoms in total. The van der Waals surface area contributed by atoms with E-state index in [0.29, 0.717) is 17.9 Å². The van der Waals surface area contributed by atoms with Gasteiger partial charge in [-0.3, -0.25) is 10.1 Å². The third-order valence-corrected chi connectivity index (χ3v) is 4.41. The quantitative estimate of drug-likeness (QED) is 0.744. The SMILES string of the molecule is CCCC1NC(CC(C)C)N(C(C)CCSC)C1=O. The highest BCUT2D eigenvalue weighted by molar-refractivity contribution is 7.98. The van der Waals surface area contributed by atoms with Gasteiger partial charge in [0, 0.05) is 6.04 Å². The zero-order valence-corrected chi connectivity index (χ0v) is 13.9. The summed E-state index contributed by atoms with van der Waals surface area (Å²) in [6.07, 6.45) is 6.52. The summed E-state index contributed by atoms with van der Waals surface area (Å²) in [5, 5.41) is 3.55. The minimum absolute atomic E-state index is 0.0467. The Morgan fingerprint density at radius 1 is 1.37 bits per heavy atom. The van der Waals surface area contributed by atoms with E-state index in [-0.39, 0.29) is 12.2 Å². The fourth-order valence-electron chi connectivity index (χ4n) is 2.79. The normalized spacial score (nSPS) is 25.4. The van der Waals surface area contributed by atoms with Gasteiger partial charge in [-0.05, 0) is 44.1 Å². The third kappa shape index (κ3) is 4.67. The molecule has 1 aliphatic rings. The Hall–Kier alpha value is -0.220. The summed E-state index contributed by atoms with van der Waals surface area (Å²) in [6.45, 7) is 8.79. The average molecular weight is 286 g/mol. The van der Waals surface area contributed by atoms with Crippen molar-refractivity contribution in [2.45, 2.75) is 71.6 Å². The first kappa shape index (κ1) is 16.8. The van der Waals surface area contributed by atoms with Crippen LogP contribution in [0.1, 0.15) is 53.4 Å². The van der Waals surface area contributed by atoms with Crippen LogP contribution in [-0.4, -0.2) is 41.1 Å². The molecule has 0 bridgehead atoms. The van der Waals surface area contributed by atoms with Crippen LogP contribution < -0.4 is 5.32 Å². The van der Waals surface area contributed by atoms with Crippen molar-refractivity contribution < 1.29 is 4.79 Å². The van der Waals surface area contributed by atoms with Gasteiger partial charge in [-0.25, -0.2) is 0 Å². The van der Waals surface area contributed by atoms with Crippen molar-refractivity contribution >= 4 is 17.7 Å². The summed E-state index contributed by atoms with van der Waals surface area (Å²) in [4.78, 5) is 14.7. The number of rotatable bonds is 8. The van der Waals surface area contributed by atoms with Gasteiger partial charge < -0.3 is 4.90 Å². The number of nitrogens with zero attached hydrogens (tertiary/aromatic N) is 1. The lowest BCUT2D eigenvalue weighted by Gasteiger charge is -2.31. The van der Waals surface area contributed by atoms with Gasteiger partial charge >= 0.3 is 0 Å². The topological polar surface area (TPSA) is 32.3 Å². The van der Waals surface area contributed by atoms with Gasteiger partial charge in [0.15, 0.2) is 0 Å². The zero-order chi connectivity index (χ0) is 14.4. The summed E-state index contributed by atoms with van der Waals surface area (Å²) in [5.41, 5.74) is 0. The minimum Gasteiger partial charge on any atom is -0.323 e. The first-order chi connectivity index (χ1) is 9.01. The Bertz CT molecular complexity index is 283. The number of thioether (sulfide) groups is 1. The average Bonchev–Trinajstić information content (AvgIpc) is 2.63. The summed E-state index contributed by atoms with van der Waals surface area (Å²) in [6, 6.07) is 0.392. The second-order valence-electron chi connectivity index (χ2n) is 6.03. The molecule has 0 aromatic carbocycles. The second-order valence-corrected chi connectivity index (χ2v) is 7.01. The molecular weight excluding hydrogens is 256 g/mol. The van der Waals surface area contributed by atoms with Crippen molar-refractivity contribution in [1.82, 2.24) is 10.2 Å². The number of hydrogen-bond acceptors (Lipinski definition) is 3. The standard InChI is InChI=1S/C15H30N2OS/c1-6-7-13-15(18)17(12(4)8-9-19-5)14(16-13)10-11(2)3/h11-14,16H,6-10H2,1-5H3. The smallest absolute Gasteiger partial charge is 0.241 e. The summed E-state index contributed by atoms with van der Waals surface area (Å²) in [7, 11) is 0. The number of carbonyl (C=O) groups excluding carboxylic acids is 1. The van der Waals surface area contributed by atoms with Crippen molar-refractivity contribution in [2.75, 3.05) is 12.0 Å². The molecule has 1 saturated heterocycles. The molecular formula is C15H30N2OS. The predicted molar refractivity (Wildman–Crippen MR) is 84.4 cm³/mol. The van der Waals surface area contributed by atoms with Gasteiger partial charge in [0.1, 0.15) is 0 Å². The second kappa shape index (κ2) is 8.15. The van der Waals surface area contributed by atoms with E-state index in [9.17, 15) is 4.79 Å². The Labute approximate surface area is 122 Å². The van der Waals surface area contributed by atoms with Gasteiger partial charge in [-0.15, -0.1) is 0 Å². The lowest BCUT2D eigenvalue weighted by molar-refractivity contribution is -0.132. The van der Waals surface area contributed by atoms with Crippen molar-refractivity contribution in [3.05, 3.63) is 0 Å². The lowest BCUT2D eigenvalue weighted by Crippen LogP contribution is -2.44. The van der Waals surface area contributed by atoms with Crippen LogP contribution >= 0.6 is 11.8 Å². The molecule has 112 valence electrons. The highest BCUT2D eigenvalue weighted by Gasteiger charge is 2.40. The summed E-state index contributed by atoms with van der Waals surface area (Å²) < 4.78 is 0. The Morgan fingerprint density at radius 2 is 2.05 bits per heavy atom. The number of carbonyl (C=O) groups is 1. The molecule has 1 aliphatic heterocycles. The van der Waals surface area contributed by atoms with Crippen LogP contribution in [0.5, 0.6) is 0 Å². The van der Waals surface area contributed by atoms with Crippen LogP contribution in [0, 0.1) is 5.92 Å². The largest absolute Gasteiger partial charge is 0.323 e. The first-order valence-electron chi connectivity index (χ1n) is 7.58. The molecule has 19 heavy (non-hydrogen) atoms. The fraction of sp³-hybridized carbons (Fsp3) is 0.933. The predicted octanol–water partition coefficient (Wildman–Crippen LogP) is 3.10. The van der Waals surface area contributed by atoms with Crippen molar-refractivity contribution in [1.29, 1.82) is 0 Å². The fourth-order valence-corrected chi connectivity index (χ4v) is 3.37. The molecule has 4 heteroatoms. The van der Waals surface area contributed by atoms with E-state index < -0.39 is 0 Å². The molecule has 3 atom stereocenters. The van der Waals surface area contributed by atoms with Crippen LogP contribution in [0.2, 0.25) is 0 Å². The van der Waals surface area contributed by atoms with Gasteiger partial charge in [0.05, 0.1) is 12.2 Å². The van der Waals surface area contributed by atoms with Crippen LogP contribution in [0.4, 0.5) is 0 Å². The molecule has 1 fully saturated rings. The molecule has 0 aliphatic carbocycles. The van der Waals surface area contributed by atoms with E-state index in [2.05, 4.69) is 44.2 Å². The molecule has 0 radical (unpaired) electrons. The Kier molecular flexibility index (Phi) is 7.22. The van der Waals surface area contributed by atoms with Gasteiger partial charge in [-0.1, -0.05) is 27.2 Å². The monoisotopic (exact) mass is 286 g/mol. The summed E-state index contributed by atoms with van der Waals surface area (Å²) >= 11 is 1.86. The molecule has 3 unspecified atom stereocenters. The number of amides is 1. The van der Waals surface area contributed by atoms with E-state index in [1.54, 1.807) is 0 Å². The maximum absolute atomic E-state index is 12.5. The van der Waals surface area contributed by atoms with Crippen molar-refractivity contribution in [3.63, 3.8) is 0 Å². The molecule has 1 heterocycles. The van der Waals surface area contributed by atoms with Crippen LogP contribution in [-0.2, 0) is 4.79 Å². The molecule has 0 saturated carbocycles. The first-order valence-corrected chi connectivity index (χ1v) is 8.97. The molecule has 1 rings (SSSR count). The van der Waals surface area contributed by atoms with Gasteiger partial charge in [-0.2, -0.15) is 11.8 Å². The van der Waals surface area contributed by atoms with E-state index in [0.717, 1.165) is 31.4 Å². The minimum atomic E-state index is 0.0467. The summed E-state index contributed by atoms with van der Waals surface area (Å²) in [5.74, 6) is 2.06. The van der Waals surface area contributed by atoms with Gasteiger partial charge in [0.25, 0.3) is 0 Å². The van der Waals surface area contributed by atoms with E-state index in [1.807, 2.05) is 11.8 Å². The maximum atomic E-state index is 12.5. The molecule has 0 spiro atoms. The Morgan fingerprint density at radius 3 is 2.58 bits per heavy atom. The van der Waals surface area contributed by atoms with Gasteiger partial charge in [0.2, 0.25) is 5.91 Å². The maximum Gasteiger partial charge on any atom is 0.241 e. The Balaban J connectivity index is 2.72. The number of nitrogens with one attached hydrogen (secondary N) is 1. The molecule has 1 amide bonds. The highest BCUT2D eigenvalue weighted by Crippen LogP contribution is 2.24. The zero-order valence-electron chi connectivity index (χ0n) is 13.1. The van der Waals surface area contributed by atoms with Crippen molar-refractivity contribution in [2.24, 2.45) is 5.92 Å². The molecule has 0 aromatic heterocycles. The lowest BCUT2D eigenvalue weighted by atomic mass is 10.1. The van der Waals surface area contributed by atoms with Crippen LogP contribution in [0.25, 0.3) is 0 Å². The van der Waals surface area contributed by atoms with E-state index in [4.69, 9.17) is 0 Å². The molecule has 1 N–H and O–H groups in total. The van der Waals surface area contributed by atoms with Crippen LogP contribution in [0.15, 0.2) is 0 Å². The van der Waals surface area contributed by atoms with E-state index >= 15 is 0 Å².